The summed E-state index contributed by atoms with van der Waals surface area (Å²) in [6.07, 6.45) is 15.0. The van der Waals surface area contributed by atoms with Crippen LogP contribution in [0.2, 0.25) is 0 Å². The lowest BCUT2D eigenvalue weighted by atomic mass is 9.76. The van der Waals surface area contributed by atoms with Crippen LogP contribution in [0.5, 0.6) is 5.75 Å². The van der Waals surface area contributed by atoms with E-state index in [1.165, 1.54) is 12.8 Å². The second kappa shape index (κ2) is 12.4. The molecule has 3 rings (SSSR count). The molecule has 0 saturated carbocycles. The van der Waals surface area contributed by atoms with Gasteiger partial charge in [-0.1, -0.05) is 84.8 Å². The first-order valence-electron chi connectivity index (χ1n) is 13.6. The van der Waals surface area contributed by atoms with Gasteiger partial charge in [-0.2, -0.15) is 0 Å². The second-order valence-electron chi connectivity index (χ2n) is 10.1. The van der Waals surface area contributed by atoms with Crippen molar-refractivity contribution in [2.24, 2.45) is 11.8 Å². The maximum atomic E-state index is 13.6. The zero-order chi connectivity index (χ0) is 24.7. The third kappa shape index (κ3) is 5.64. The molecule has 186 valence electrons. The van der Waals surface area contributed by atoms with Gasteiger partial charge in [0.2, 0.25) is 0 Å². The fourth-order valence-electron chi connectivity index (χ4n) is 5.31. The van der Waals surface area contributed by atoms with Gasteiger partial charge in [0.15, 0.2) is 11.6 Å². The van der Waals surface area contributed by atoms with Crippen LogP contribution in [0, 0.1) is 11.8 Å². The molecule has 0 amide bonds. The molecule has 2 unspecified atom stereocenters. The SMILES string of the molecule is CCCCC(CC)CNc1cc(CC(CC)CCCC)c(O)c2c1C(=O)C1=CCCC=C1C2=O. The maximum absolute atomic E-state index is 13.6. The molecule has 0 aliphatic heterocycles. The Hall–Kier alpha value is -2.36. The molecule has 0 aromatic heterocycles. The molecule has 1 aromatic carbocycles. The van der Waals surface area contributed by atoms with E-state index in [-0.39, 0.29) is 22.9 Å². The topological polar surface area (TPSA) is 66.4 Å². The number of benzene rings is 1. The average Bonchev–Trinajstić information content (AvgIpc) is 2.86. The number of allylic oxidation sites excluding steroid dienone is 4. The van der Waals surface area contributed by atoms with E-state index >= 15 is 0 Å². The molecule has 2 N–H and O–H groups in total. The number of carbonyl (C=O) groups is 2. The van der Waals surface area contributed by atoms with Crippen molar-refractivity contribution in [3.8, 4) is 5.75 Å². The number of hydrogen-bond donors (Lipinski definition) is 2. The molecule has 0 heterocycles. The van der Waals surface area contributed by atoms with E-state index in [2.05, 4.69) is 33.0 Å². The lowest BCUT2D eigenvalue weighted by molar-refractivity contribution is 0.0969. The Morgan fingerprint density at radius 1 is 0.853 bits per heavy atom. The standard InChI is InChI=1S/C30H43NO3/c1-5-9-13-20(7-3)17-22-18-25(31-19-21(8-4)14-10-6-2)26-27(28(22)32)30(34)24-16-12-11-15-23(24)29(26)33/h15-16,18,20-21,31-32H,5-14,17,19H2,1-4H3. The second-order valence-corrected chi connectivity index (χ2v) is 10.1. The number of Topliss-reactive ketones (excluding diaryl/α,β-unsaturated/α-hetero) is 2. The minimum absolute atomic E-state index is 0.0115. The van der Waals surface area contributed by atoms with Gasteiger partial charge in [-0.3, -0.25) is 9.59 Å². The molecule has 0 spiro atoms. The molecule has 0 saturated heterocycles. The highest BCUT2D eigenvalue weighted by Crippen LogP contribution is 2.43. The van der Waals surface area contributed by atoms with Gasteiger partial charge in [-0.25, -0.2) is 0 Å². The summed E-state index contributed by atoms with van der Waals surface area (Å²) in [5.74, 6) is 0.632. The van der Waals surface area contributed by atoms with E-state index in [1.807, 2.05) is 18.2 Å². The van der Waals surface area contributed by atoms with E-state index in [9.17, 15) is 14.7 Å². The first-order chi connectivity index (χ1) is 16.5. The van der Waals surface area contributed by atoms with Crippen molar-refractivity contribution < 1.29 is 14.7 Å². The number of phenols is 1. The average molecular weight is 466 g/mol. The van der Waals surface area contributed by atoms with Crippen molar-refractivity contribution in [2.75, 3.05) is 11.9 Å². The lowest BCUT2D eigenvalue weighted by Crippen LogP contribution is -2.27. The first kappa shape index (κ1) is 26.2. The first-order valence-corrected chi connectivity index (χ1v) is 13.6. The number of carbonyl (C=O) groups excluding carboxylic acids is 2. The molecule has 2 aliphatic rings. The van der Waals surface area contributed by atoms with Crippen LogP contribution >= 0.6 is 0 Å². The van der Waals surface area contributed by atoms with Crippen molar-refractivity contribution in [3.63, 3.8) is 0 Å². The van der Waals surface area contributed by atoms with Crippen LogP contribution in [-0.2, 0) is 6.42 Å². The van der Waals surface area contributed by atoms with E-state index in [0.717, 1.165) is 69.9 Å². The molecule has 2 aliphatic carbocycles. The summed E-state index contributed by atoms with van der Waals surface area (Å²) in [6, 6.07) is 1.96. The van der Waals surface area contributed by atoms with Gasteiger partial charge in [0, 0.05) is 23.4 Å². The van der Waals surface area contributed by atoms with Crippen LogP contribution in [0.15, 0.2) is 29.4 Å². The van der Waals surface area contributed by atoms with E-state index in [0.29, 0.717) is 34.2 Å². The van der Waals surface area contributed by atoms with Crippen LogP contribution in [0.25, 0.3) is 0 Å². The zero-order valence-electron chi connectivity index (χ0n) is 21.6. The highest BCUT2D eigenvalue weighted by Gasteiger charge is 2.38. The van der Waals surface area contributed by atoms with Crippen LogP contribution < -0.4 is 5.32 Å². The number of nitrogens with one attached hydrogen (secondary N) is 1. The molecule has 4 nitrogen and oxygen atoms in total. The van der Waals surface area contributed by atoms with Crippen LogP contribution in [0.4, 0.5) is 5.69 Å². The van der Waals surface area contributed by atoms with Gasteiger partial charge < -0.3 is 10.4 Å². The Labute approximate surface area is 205 Å². The number of phenolic OH excluding ortho intramolecular Hbond substituents is 1. The number of aromatic hydroxyl groups is 1. The number of unbranched alkanes of at least 4 members (excludes halogenated alkanes) is 2. The van der Waals surface area contributed by atoms with Gasteiger partial charge in [0.1, 0.15) is 5.75 Å². The predicted octanol–water partition coefficient (Wildman–Crippen LogP) is 7.81. The number of rotatable bonds is 13. The van der Waals surface area contributed by atoms with E-state index in [4.69, 9.17) is 0 Å². The van der Waals surface area contributed by atoms with Crippen molar-refractivity contribution >= 4 is 17.3 Å². The fraction of sp³-hybridized carbons (Fsp3) is 0.600. The van der Waals surface area contributed by atoms with Gasteiger partial charge in [-0.05, 0) is 49.1 Å². The highest BCUT2D eigenvalue weighted by molar-refractivity contribution is 6.33. The number of ketones is 2. The smallest absolute Gasteiger partial charge is 0.197 e. The van der Waals surface area contributed by atoms with Gasteiger partial charge in [0.25, 0.3) is 0 Å². The number of anilines is 1. The Bertz CT molecular complexity index is 956. The summed E-state index contributed by atoms with van der Waals surface area (Å²) < 4.78 is 0. The van der Waals surface area contributed by atoms with Crippen LogP contribution in [0.3, 0.4) is 0 Å². The van der Waals surface area contributed by atoms with Crippen LogP contribution in [0.1, 0.15) is 118 Å². The summed E-state index contributed by atoms with van der Waals surface area (Å²) in [5, 5.41) is 14.8. The highest BCUT2D eigenvalue weighted by atomic mass is 16.3. The fourth-order valence-corrected chi connectivity index (χ4v) is 5.31. The number of hydrogen-bond acceptors (Lipinski definition) is 4. The molecular weight excluding hydrogens is 422 g/mol. The maximum Gasteiger partial charge on any atom is 0.197 e. The summed E-state index contributed by atoms with van der Waals surface area (Å²) >= 11 is 0. The summed E-state index contributed by atoms with van der Waals surface area (Å²) in [5.41, 5.74) is 3.05. The third-order valence-electron chi connectivity index (χ3n) is 7.65. The monoisotopic (exact) mass is 465 g/mol. The quantitative estimate of drug-likeness (QED) is 0.292. The molecule has 34 heavy (non-hydrogen) atoms. The largest absolute Gasteiger partial charge is 0.507 e. The summed E-state index contributed by atoms with van der Waals surface area (Å²) in [7, 11) is 0. The van der Waals surface area contributed by atoms with Gasteiger partial charge >= 0.3 is 0 Å². The molecule has 2 atom stereocenters. The van der Waals surface area contributed by atoms with Crippen molar-refractivity contribution in [1.82, 2.24) is 0 Å². The minimum Gasteiger partial charge on any atom is -0.507 e. The van der Waals surface area contributed by atoms with Gasteiger partial charge in [0.05, 0.1) is 11.1 Å². The normalized spacial score (nSPS) is 16.9. The summed E-state index contributed by atoms with van der Waals surface area (Å²) in [6.45, 7) is 9.56. The molecule has 4 heteroatoms. The number of fused-ring (bicyclic) bond motifs is 2. The van der Waals surface area contributed by atoms with Gasteiger partial charge in [-0.15, -0.1) is 0 Å². The van der Waals surface area contributed by atoms with E-state index < -0.39 is 0 Å². The molecule has 1 aromatic rings. The minimum atomic E-state index is -0.206. The zero-order valence-corrected chi connectivity index (χ0v) is 21.6. The van der Waals surface area contributed by atoms with Crippen LogP contribution in [-0.4, -0.2) is 23.2 Å². The summed E-state index contributed by atoms with van der Waals surface area (Å²) in [4.78, 5) is 27.1. The Kier molecular flexibility index (Phi) is 9.55. The molecular formula is C30H43NO3. The lowest BCUT2D eigenvalue weighted by Gasteiger charge is -2.28. The van der Waals surface area contributed by atoms with Crippen molar-refractivity contribution in [2.45, 2.75) is 98.3 Å². The van der Waals surface area contributed by atoms with Crippen molar-refractivity contribution in [1.29, 1.82) is 0 Å². The van der Waals surface area contributed by atoms with E-state index in [1.54, 1.807) is 0 Å². The Morgan fingerprint density at radius 3 is 1.97 bits per heavy atom. The molecule has 0 bridgehead atoms. The Morgan fingerprint density at radius 2 is 1.41 bits per heavy atom. The Balaban J connectivity index is 2.05. The molecule has 0 fully saturated rings. The predicted molar refractivity (Wildman–Crippen MR) is 141 cm³/mol. The molecule has 0 radical (unpaired) electrons. The third-order valence-corrected chi connectivity index (χ3v) is 7.65. The van der Waals surface area contributed by atoms with Crippen molar-refractivity contribution in [3.05, 3.63) is 46.1 Å².